The molecule has 0 spiro atoms. The summed E-state index contributed by atoms with van der Waals surface area (Å²) in [5.41, 5.74) is 0.613. The topological polar surface area (TPSA) is 59.1 Å². The van der Waals surface area contributed by atoms with Gasteiger partial charge in [0, 0.05) is 32.1 Å². The van der Waals surface area contributed by atoms with Crippen LogP contribution in [0.25, 0.3) is 0 Å². The molecule has 2 rings (SSSR count). The van der Waals surface area contributed by atoms with Crippen molar-refractivity contribution in [2.75, 3.05) is 30.9 Å². The Morgan fingerprint density at radius 2 is 2.20 bits per heavy atom. The number of methoxy groups -OCH3 is 1. The lowest BCUT2D eigenvalue weighted by Gasteiger charge is -2.08. The van der Waals surface area contributed by atoms with Crippen LogP contribution in [0, 0.1) is 5.82 Å². The Kier molecular flexibility index (Phi) is 5.25. The van der Waals surface area contributed by atoms with Crippen LogP contribution >= 0.6 is 0 Å². The maximum absolute atomic E-state index is 13.1. The van der Waals surface area contributed by atoms with E-state index in [1.54, 1.807) is 31.5 Å². The van der Waals surface area contributed by atoms with Gasteiger partial charge in [0.1, 0.15) is 11.6 Å². The molecule has 0 aliphatic rings. The molecule has 0 amide bonds. The molecule has 2 aromatic rings. The van der Waals surface area contributed by atoms with E-state index in [4.69, 9.17) is 4.74 Å². The summed E-state index contributed by atoms with van der Waals surface area (Å²) >= 11 is 0. The number of benzene rings is 1. The third-order valence-corrected chi connectivity index (χ3v) is 2.57. The molecule has 0 radical (unpaired) electrons. The van der Waals surface area contributed by atoms with Crippen LogP contribution in [-0.2, 0) is 4.74 Å². The molecule has 0 aliphatic carbocycles. The van der Waals surface area contributed by atoms with Crippen LogP contribution in [0.2, 0.25) is 0 Å². The highest BCUT2D eigenvalue weighted by molar-refractivity contribution is 5.54. The van der Waals surface area contributed by atoms with E-state index in [9.17, 15) is 4.39 Å². The Morgan fingerprint density at radius 3 is 3.00 bits per heavy atom. The van der Waals surface area contributed by atoms with Crippen molar-refractivity contribution in [1.29, 1.82) is 0 Å². The molecule has 1 aromatic carbocycles. The van der Waals surface area contributed by atoms with Gasteiger partial charge < -0.3 is 15.4 Å². The van der Waals surface area contributed by atoms with Crippen molar-refractivity contribution in [3.8, 4) is 0 Å². The fraction of sp³-hybridized carbons (Fsp3) is 0.286. The van der Waals surface area contributed by atoms with Gasteiger partial charge in [-0.2, -0.15) is 4.98 Å². The average molecular weight is 276 g/mol. The number of hydrogen-bond acceptors (Lipinski definition) is 5. The Morgan fingerprint density at radius 1 is 1.30 bits per heavy atom. The molecule has 0 unspecified atom stereocenters. The Balaban J connectivity index is 1.95. The Bertz CT molecular complexity index is 550. The maximum Gasteiger partial charge on any atom is 0.229 e. The summed E-state index contributed by atoms with van der Waals surface area (Å²) in [5.74, 6) is 0.839. The highest BCUT2D eigenvalue weighted by atomic mass is 19.1. The first-order chi connectivity index (χ1) is 9.78. The lowest BCUT2D eigenvalue weighted by Crippen LogP contribution is -2.07. The molecule has 0 bridgehead atoms. The maximum atomic E-state index is 13.1. The summed E-state index contributed by atoms with van der Waals surface area (Å²) in [5, 5.41) is 6.13. The van der Waals surface area contributed by atoms with E-state index in [0.29, 0.717) is 18.2 Å². The number of anilines is 3. The van der Waals surface area contributed by atoms with Gasteiger partial charge >= 0.3 is 0 Å². The lowest BCUT2D eigenvalue weighted by molar-refractivity contribution is 0.198. The van der Waals surface area contributed by atoms with Crippen molar-refractivity contribution in [3.05, 3.63) is 42.3 Å². The minimum Gasteiger partial charge on any atom is -0.385 e. The van der Waals surface area contributed by atoms with Crippen molar-refractivity contribution in [3.63, 3.8) is 0 Å². The number of rotatable bonds is 7. The van der Waals surface area contributed by atoms with Crippen LogP contribution < -0.4 is 10.6 Å². The van der Waals surface area contributed by atoms with E-state index in [0.717, 1.165) is 18.8 Å². The van der Waals surface area contributed by atoms with E-state index in [1.807, 2.05) is 0 Å². The van der Waals surface area contributed by atoms with Gasteiger partial charge in [-0.1, -0.05) is 6.07 Å². The number of nitrogens with one attached hydrogen (secondary N) is 2. The van der Waals surface area contributed by atoms with E-state index in [2.05, 4.69) is 20.6 Å². The number of hydrogen-bond donors (Lipinski definition) is 2. The molecular weight excluding hydrogens is 259 g/mol. The molecule has 1 aromatic heterocycles. The van der Waals surface area contributed by atoms with Gasteiger partial charge in [-0.05, 0) is 30.7 Å². The second-order valence-corrected chi connectivity index (χ2v) is 4.17. The summed E-state index contributed by atoms with van der Waals surface area (Å²) in [6, 6.07) is 7.95. The Hall–Kier alpha value is -2.21. The summed E-state index contributed by atoms with van der Waals surface area (Å²) in [7, 11) is 1.67. The van der Waals surface area contributed by atoms with Crippen LogP contribution in [0.5, 0.6) is 0 Å². The van der Waals surface area contributed by atoms with Gasteiger partial charge in [-0.15, -0.1) is 0 Å². The molecule has 0 saturated heterocycles. The zero-order valence-electron chi connectivity index (χ0n) is 11.3. The minimum atomic E-state index is -0.302. The predicted molar refractivity (Wildman–Crippen MR) is 76.7 cm³/mol. The van der Waals surface area contributed by atoms with Crippen LogP contribution in [0.3, 0.4) is 0 Å². The van der Waals surface area contributed by atoms with E-state index < -0.39 is 0 Å². The molecule has 0 saturated carbocycles. The minimum absolute atomic E-state index is 0.302. The largest absolute Gasteiger partial charge is 0.385 e. The first-order valence-electron chi connectivity index (χ1n) is 6.36. The molecule has 2 N–H and O–H groups in total. The van der Waals surface area contributed by atoms with Gasteiger partial charge in [0.2, 0.25) is 5.95 Å². The van der Waals surface area contributed by atoms with Crippen molar-refractivity contribution < 1.29 is 9.13 Å². The molecule has 1 heterocycles. The van der Waals surface area contributed by atoms with Gasteiger partial charge in [0.25, 0.3) is 0 Å². The summed E-state index contributed by atoms with van der Waals surface area (Å²) < 4.78 is 18.1. The zero-order chi connectivity index (χ0) is 14.2. The van der Waals surface area contributed by atoms with Gasteiger partial charge in [0.05, 0.1) is 0 Å². The third-order valence-electron chi connectivity index (χ3n) is 2.57. The number of halogens is 1. The molecule has 0 fully saturated rings. The van der Waals surface area contributed by atoms with Crippen molar-refractivity contribution in [2.24, 2.45) is 0 Å². The monoisotopic (exact) mass is 276 g/mol. The molecule has 5 nitrogen and oxygen atoms in total. The summed E-state index contributed by atoms with van der Waals surface area (Å²) in [6.45, 7) is 1.47. The fourth-order valence-electron chi connectivity index (χ4n) is 1.65. The predicted octanol–water partition coefficient (Wildman–Crippen LogP) is 2.81. The average Bonchev–Trinajstić information content (AvgIpc) is 2.44. The molecule has 106 valence electrons. The number of aromatic nitrogens is 2. The van der Waals surface area contributed by atoms with E-state index in [-0.39, 0.29) is 5.82 Å². The SMILES string of the molecule is COCCCNc1ccnc(Nc2cccc(F)c2)n1. The molecule has 20 heavy (non-hydrogen) atoms. The van der Waals surface area contributed by atoms with Gasteiger partial charge in [0.15, 0.2) is 0 Å². The van der Waals surface area contributed by atoms with Gasteiger partial charge in [-0.3, -0.25) is 0 Å². The number of nitrogens with zero attached hydrogens (tertiary/aromatic N) is 2. The fourth-order valence-corrected chi connectivity index (χ4v) is 1.65. The molecule has 0 atom stereocenters. The first-order valence-corrected chi connectivity index (χ1v) is 6.36. The number of ether oxygens (including phenoxy) is 1. The molecule has 6 heteroatoms. The molecule has 0 aliphatic heterocycles. The quantitative estimate of drug-likeness (QED) is 0.761. The van der Waals surface area contributed by atoms with E-state index in [1.165, 1.54) is 12.1 Å². The summed E-state index contributed by atoms with van der Waals surface area (Å²) in [6.07, 6.45) is 2.54. The molecular formula is C14H17FN4O. The van der Waals surface area contributed by atoms with Crippen molar-refractivity contribution in [2.45, 2.75) is 6.42 Å². The first kappa shape index (κ1) is 14.2. The lowest BCUT2D eigenvalue weighted by atomic mass is 10.3. The smallest absolute Gasteiger partial charge is 0.229 e. The Labute approximate surface area is 117 Å². The highest BCUT2D eigenvalue weighted by Crippen LogP contribution is 2.15. The van der Waals surface area contributed by atoms with E-state index >= 15 is 0 Å². The van der Waals surface area contributed by atoms with Crippen molar-refractivity contribution in [1.82, 2.24) is 9.97 Å². The van der Waals surface area contributed by atoms with Crippen LogP contribution in [-0.4, -0.2) is 30.2 Å². The van der Waals surface area contributed by atoms with Gasteiger partial charge in [-0.25, -0.2) is 9.37 Å². The third kappa shape index (κ3) is 4.47. The standard InChI is InChI=1S/C14H17FN4O/c1-20-9-3-7-16-13-6-8-17-14(19-13)18-12-5-2-4-11(15)10-12/h2,4-6,8,10H,3,7,9H2,1H3,(H2,16,17,18,19). The normalized spacial score (nSPS) is 10.3. The van der Waals surface area contributed by atoms with Crippen molar-refractivity contribution >= 4 is 17.5 Å². The van der Waals surface area contributed by atoms with Crippen LogP contribution in [0.1, 0.15) is 6.42 Å². The summed E-state index contributed by atoms with van der Waals surface area (Å²) in [4.78, 5) is 8.40. The second-order valence-electron chi connectivity index (χ2n) is 4.17. The second kappa shape index (κ2) is 7.40. The highest BCUT2D eigenvalue weighted by Gasteiger charge is 2.01. The van der Waals surface area contributed by atoms with Crippen LogP contribution in [0.4, 0.5) is 21.8 Å². The zero-order valence-corrected chi connectivity index (χ0v) is 11.3. The van der Waals surface area contributed by atoms with Crippen LogP contribution in [0.15, 0.2) is 36.5 Å².